The second-order valence-electron chi connectivity index (χ2n) is 7.87. The summed E-state index contributed by atoms with van der Waals surface area (Å²) in [6, 6.07) is 2.51. The summed E-state index contributed by atoms with van der Waals surface area (Å²) >= 11 is 0. The van der Waals surface area contributed by atoms with Gasteiger partial charge in [-0.05, 0) is 51.9 Å². The maximum absolute atomic E-state index is 5.87. The number of ether oxygens (including phenoxy) is 1. The van der Waals surface area contributed by atoms with Crippen LogP contribution in [0.1, 0.15) is 51.6 Å². The van der Waals surface area contributed by atoms with Gasteiger partial charge in [0.05, 0.1) is 6.61 Å². The van der Waals surface area contributed by atoms with Crippen LogP contribution in [-0.2, 0) is 4.74 Å². The predicted molar refractivity (Wildman–Crippen MR) is 98.9 cm³/mol. The van der Waals surface area contributed by atoms with Crippen LogP contribution in [0.4, 0.5) is 11.8 Å². The van der Waals surface area contributed by atoms with E-state index in [1.165, 1.54) is 32.1 Å². The zero-order valence-corrected chi connectivity index (χ0v) is 15.7. The number of aryl methyl sites for hydroxylation is 1. The molecule has 134 valence electrons. The highest BCUT2D eigenvalue weighted by molar-refractivity contribution is 5.46. The summed E-state index contributed by atoms with van der Waals surface area (Å²) in [5.74, 6) is 1.91. The Balaban J connectivity index is 1.72. The topological polar surface area (TPSA) is 41.5 Å². The zero-order valence-electron chi connectivity index (χ0n) is 15.7. The van der Waals surface area contributed by atoms with Gasteiger partial charge in [-0.1, -0.05) is 6.42 Å². The lowest BCUT2D eigenvalue weighted by molar-refractivity contribution is 0.0436. The summed E-state index contributed by atoms with van der Waals surface area (Å²) in [7, 11) is 2.10. The van der Waals surface area contributed by atoms with Gasteiger partial charge in [-0.2, -0.15) is 4.98 Å². The Kier molecular flexibility index (Phi) is 5.28. The van der Waals surface area contributed by atoms with Gasteiger partial charge in [0.2, 0.25) is 5.95 Å². The van der Waals surface area contributed by atoms with Gasteiger partial charge >= 0.3 is 0 Å². The third-order valence-corrected chi connectivity index (χ3v) is 5.73. The standard InChI is InChI=1S/C19H32N4O/c1-15(2)22(4)17-13-16(3)20-18(21-17)23-10-8-19(9-11-23)7-5-6-12-24-14-19/h13,15H,5-12,14H2,1-4H3. The smallest absolute Gasteiger partial charge is 0.227 e. The fraction of sp³-hybridized carbons (Fsp3) is 0.789. The molecule has 0 atom stereocenters. The summed E-state index contributed by atoms with van der Waals surface area (Å²) in [5.41, 5.74) is 1.44. The van der Waals surface area contributed by atoms with E-state index in [1.54, 1.807) is 0 Å². The molecule has 2 saturated heterocycles. The SMILES string of the molecule is Cc1cc(N(C)C(C)C)nc(N2CCC3(CCCCOC3)CC2)n1. The molecule has 2 fully saturated rings. The quantitative estimate of drug-likeness (QED) is 0.848. The monoisotopic (exact) mass is 332 g/mol. The highest BCUT2D eigenvalue weighted by atomic mass is 16.5. The van der Waals surface area contributed by atoms with Crippen LogP contribution in [0.2, 0.25) is 0 Å². The second kappa shape index (κ2) is 7.26. The summed E-state index contributed by atoms with van der Waals surface area (Å²) < 4.78 is 5.87. The second-order valence-corrected chi connectivity index (χ2v) is 7.87. The average molecular weight is 332 g/mol. The molecule has 1 spiro atoms. The summed E-state index contributed by atoms with van der Waals surface area (Å²) in [4.78, 5) is 14.1. The van der Waals surface area contributed by atoms with E-state index in [2.05, 4.69) is 43.7 Å². The Labute approximate surface area is 146 Å². The lowest BCUT2D eigenvalue weighted by Gasteiger charge is -2.41. The zero-order chi connectivity index (χ0) is 17.2. The van der Waals surface area contributed by atoms with Gasteiger partial charge in [-0.25, -0.2) is 4.98 Å². The first kappa shape index (κ1) is 17.5. The minimum atomic E-state index is 0.397. The van der Waals surface area contributed by atoms with Gasteiger partial charge in [-0.3, -0.25) is 0 Å². The Bertz CT molecular complexity index is 542. The van der Waals surface area contributed by atoms with Crippen LogP contribution < -0.4 is 9.80 Å². The third kappa shape index (κ3) is 3.82. The van der Waals surface area contributed by atoms with Crippen molar-refractivity contribution in [2.75, 3.05) is 43.2 Å². The van der Waals surface area contributed by atoms with Crippen molar-refractivity contribution in [2.24, 2.45) is 5.41 Å². The van der Waals surface area contributed by atoms with Gasteiger partial charge < -0.3 is 14.5 Å². The maximum atomic E-state index is 5.87. The van der Waals surface area contributed by atoms with E-state index in [4.69, 9.17) is 14.7 Å². The number of nitrogens with zero attached hydrogens (tertiary/aromatic N) is 4. The van der Waals surface area contributed by atoms with Gasteiger partial charge in [0.1, 0.15) is 5.82 Å². The first-order chi connectivity index (χ1) is 11.5. The maximum Gasteiger partial charge on any atom is 0.227 e. The number of rotatable bonds is 3. The van der Waals surface area contributed by atoms with Crippen molar-refractivity contribution in [3.63, 3.8) is 0 Å². The number of hydrogen-bond donors (Lipinski definition) is 0. The molecule has 0 aliphatic carbocycles. The van der Waals surface area contributed by atoms with Crippen LogP contribution >= 0.6 is 0 Å². The van der Waals surface area contributed by atoms with Crippen molar-refractivity contribution in [3.05, 3.63) is 11.8 Å². The van der Waals surface area contributed by atoms with Gasteiger partial charge in [0, 0.05) is 44.5 Å². The Morgan fingerprint density at radius 1 is 1.17 bits per heavy atom. The number of piperidine rings is 1. The molecule has 3 heterocycles. The molecule has 5 heteroatoms. The normalized spacial score (nSPS) is 21.1. The van der Waals surface area contributed by atoms with Crippen LogP contribution in [-0.4, -0.2) is 49.4 Å². The molecule has 0 unspecified atom stereocenters. The Morgan fingerprint density at radius 3 is 2.62 bits per heavy atom. The van der Waals surface area contributed by atoms with E-state index in [0.29, 0.717) is 11.5 Å². The highest BCUT2D eigenvalue weighted by Gasteiger charge is 2.36. The molecule has 2 aliphatic heterocycles. The molecule has 0 aromatic carbocycles. The van der Waals surface area contributed by atoms with E-state index >= 15 is 0 Å². The summed E-state index contributed by atoms with van der Waals surface area (Å²) in [6.45, 7) is 10.4. The van der Waals surface area contributed by atoms with Gasteiger partial charge in [-0.15, -0.1) is 0 Å². The van der Waals surface area contributed by atoms with Crippen molar-refractivity contribution in [1.29, 1.82) is 0 Å². The van der Waals surface area contributed by atoms with E-state index in [1.807, 2.05) is 0 Å². The third-order valence-electron chi connectivity index (χ3n) is 5.73. The van der Waals surface area contributed by atoms with Crippen LogP contribution in [0, 0.1) is 12.3 Å². The number of hydrogen-bond acceptors (Lipinski definition) is 5. The predicted octanol–water partition coefficient (Wildman–Crippen LogP) is 3.42. The fourth-order valence-electron chi connectivity index (χ4n) is 3.76. The fourth-order valence-corrected chi connectivity index (χ4v) is 3.76. The first-order valence-electron chi connectivity index (χ1n) is 9.40. The van der Waals surface area contributed by atoms with Crippen LogP contribution in [0.15, 0.2) is 6.07 Å². The van der Waals surface area contributed by atoms with Crippen LogP contribution in [0.3, 0.4) is 0 Å². The first-order valence-corrected chi connectivity index (χ1v) is 9.40. The molecule has 0 amide bonds. The molecule has 0 N–H and O–H groups in total. The molecule has 0 radical (unpaired) electrons. The van der Waals surface area contributed by atoms with Crippen molar-refractivity contribution < 1.29 is 4.74 Å². The minimum Gasteiger partial charge on any atom is -0.381 e. The van der Waals surface area contributed by atoms with Crippen LogP contribution in [0.5, 0.6) is 0 Å². The van der Waals surface area contributed by atoms with Crippen molar-refractivity contribution in [1.82, 2.24) is 9.97 Å². The summed E-state index contributed by atoms with van der Waals surface area (Å²) in [6.07, 6.45) is 6.23. The molecule has 2 aliphatic rings. The lowest BCUT2D eigenvalue weighted by atomic mass is 9.75. The van der Waals surface area contributed by atoms with Crippen LogP contribution in [0.25, 0.3) is 0 Å². The lowest BCUT2D eigenvalue weighted by Crippen LogP contribution is -2.43. The van der Waals surface area contributed by atoms with Gasteiger partial charge in [0.25, 0.3) is 0 Å². The largest absolute Gasteiger partial charge is 0.381 e. The van der Waals surface area contributed by atoms with E-state index < -0.39 is 0 Å². The Morgan fingerprint density at radius 2 is 1.92 bits per heavy atom. The molecular weight excluding hydrogens is 300 g/mol. The highest BCUT2D eigenvalue weighted by Crippen LogP contribution is 2.39. The van der Waals surface area contributed by atoms with E-state index in [-0.39, 0.29) is 0 Å². The minimum absolute atomic E-state index is 0.397. The van der Waals surface area contributed by atoms with E-state index in [9.17, 15) is 0 Å². The number of aromatic nitrogens is 2. The summed E-state index contributed by atoms with van der Waals surface area (Å²) in [5, 5.41) is 0. The molecule has 0 bridgehead atoms. The van der Waals surface area contributed by atoms with Crippen molar-refractivity contribution >= 4 is 11.8 Å². The molecule has 0 saturated carbocycles. The molecule has 3 rings (SSSR count). The molecule has 1 aromatic rings. The average Bonchev–Trinajstić information content (AvgIpc) is 2.80. The number of anilines is 2. The van der Waals surface area contributed by atoms with Crippen molar-refractivity contribution in [2.45, 2.75) is 58.9 Å². The van der Waals surface area contributed by atoms with Gasteiger partial charge in [0.15, 0.2) is 0 Å². The molecular formula is C19H32N4O. The molecule has 5 nitrogen and oxygen atoms in total. The molecule has 24 heavy (non-hydrogen) atoms. The van der Waals surface area contributed by atoms with E-state index in [0.717, 1.165) is 43.8 Å². The Hall–Kier alpha value is -1.36. The molecule has 1 aromatic heterocycles. The van der Waals surface area contributed by atoms with Crippen molar-refractivity contribution in [3.8, 4) is 0 Å².